The van der Waals surface area contributed by atoms with E-state index in [2.05, 4.69) is 34.6 Å². The zero-order valence-electron chi connectivity index (χ0n) is 9.44. The highest BCUT2D eigenvalue weighted by Gasteiger charge is 2.24. The van der Waals surface area contributed by atoms with Crippen LogP contribution < -0.4 is 5.32 Å². The number of aromatic nitrogens is 1. The van der Waals surface area contributed by atoms with E-state index in [0.29, 0.717) is 6.04 Å². The van der Waals surface area contributed by atoms with E-state index in [1.807, 2.05) is 6.20 Å². The molecule has 0 amide bonds. The van der Waals surface area contributed by atoms with E-state index in [1.165, 1.54) is 24.5 Å². The van der Waals surface area contributed by atoms with Crippen molar-refractivity contribution >= 4 is 11.3 Å². The summed E-state index contributed by atoms with van der Waals surface area (Å²) >= 11 is 1.76. The minimum absolute atomic E-state index is 0.692. The fourth-order valence-corrected chi connectivity index (χ4v) is 2.98. The fourth-order valence-electron chi connectivity index (χ4n) is 2.33. The molecule has 1 saturated heterocycles. The first-order valence-electron chi connectivity index (χ1n) is 5.57. The lowest BCUT2D eigenvalue weighted by molar-refractivity contribution is 0.145. The molecule has 2 unspecified atom stereocenters. The number of hydrogen-bond acceptors (Lipinski definition) is 4. The van der Waals surface area contributed by atoms with Crippen LogP contribution in [0.1, 0.15) is 18.4 Å². The van der Waals surface area contributed by atoms with Crippen LogP contribution in [0.2, 0.25) is 0 Å². The van der Waals surface area contributed by atoms with Crippen LogP contribution in [0.4, 0.5) is 0 Å². The topological polar surface area (TPSA) is 28.2 Å². The van der Waals surface area contributed by atoms with Gasteiger partial charge in [-0.1, -0.05) is 6.92 Å². The normalized spacial score (nSPS) is 28.1. The van der Waals surface area contributed by atoms with Crippen LogP contribution in [0.25, 0.3) is 0 Å². The van der Waals surface area contributed by atoms with E-state index >= 15 is 0 Å². The highest BCUT2D eigenvalue weighted by molar-refractivity contribution is 7.09. The van der Waals surface area contributed by atoms with E-state index in [1.54, 1.807) is 11.3 Å². The standard InChI is InChI=1S/C11H19N3S/c1-9-7-14(5-3-10(9)12-2)8-11-13-4-6-15-11/h4,6,9-10,12H,3,5,7-8H2,1-2H3. The Morgan fingerprint density at radius 2 is 2.53 bits per heavy atom. The Labute approximate surface area is 95.5 Å². The molecule has 2 rings (SSSR count). The van der Waals surface area contributed by atoms with Crippen molar-refractivity contribution in [3.63, 3.8) is 0 Å². The van der Waals surface area contributed by atoms with E-state index in [-0.39, 0.29) is 0 Å². The molecule has 84 valence electrons. The van der Waals surface area contributed by atoms with Gasteiger partial charge in [0.2, 0.25) is 0 Å². The summed E-state index contributed by atoms with van der Waals surface area (Å²) in [7, 11) is 2.07. The Morgan fingerprint density at radius 3 is 3.13 bits per heavy atom. The first kappa shape index (κ1) is 11.0. The number of thiazole rings is 1. The van der Waals surface area contributed by atoms with Crippen molar-refractivity contribution in [2.75, 3.05) is 20.1 Å². The molecule has 0 aromatic carbocycles. The van der Waals surface area contributed by atoms with E-state index in [4.69, 9.17) is 0 Å². The molecule has 1 aromatic heterocycles. The molecule has 1 aromatic rings. The summed E-state index contributed by atoms with van der Waals surface area (Å²) in [6.45, 7) is 5.73. The predicted molar refractivity (Wildman–Crippen MR) is 64.0 cm³/mol. The lowest BCUT2D eigenvalue weighted by Crippen LogP contribution is -2.46. The number of likely N-dealkylation sites (tertiary alicyclic amines) is 1. The van der Waals surface area contributed by atoms with E-state index in [9.17, 15) is 0 Å². The summed E-state index contributed by atoms with van der Waals surface area (Å²) in [6.07, 6.45) is 3.15. The third kappa shape index (κ3) is 2.77. The Balaban J connectivity index is 1.86. The Bertz CT molecular complexity index is 286. The first-order chi connectivity index (χ1) is 7.29. The second-order valence-electron chi connectivity index (χ2n) is 4.32. The van der Waals surface area contributed by atoms with Gasteiger partial charge in [-0.25, -0.2) is 4.98 Å². The summed E-state index contributed by atoms with van der Waals surface area (Å²) in [5, 5.41) is 6.69. The maximum atomic E-state index is 4.34. The fraction of sp³-hybridized carbons (Fsp3) is 0.727. The predicted octanol–water partition coefficient (Wildman–Crippen LogP) is 1.57. The average molecular weight is 225 g/mol. The molecule has 0 saturated carbocycles. The molecule has 4 heteroatoms. The van der Waals surface area contributed by atoms with Gasteiger partial charge < -0.3 is 5.32 Å². The van der Waals surface area contributed by atoms with Gasteiger partial charge in [-0.15, -0.1) is 11.3 Å². The van der Waals surface area contributed by atoms with Crippen LogP contribution >= 0.6 is 11.3 Å². The molecular weight excluding hydrogens is 206 g/mol. The number of hydrogen-bond donors (Lipinski definition) is 1. The summed E-state index contributed by atoms with van der Waals surface area (Å²) in [5.74, 6) is 0.740. The van der Waals surface area contributed by atoms with Crippen molar-refractivity contribution in [1.29, 1.82) is 0 Å². The smallest absolute Gasteiger partial charge is 0.107 e. The molecule has 0 spiro atoms. The van der Waals surface area contributed by atoms with Crippen molar-refractivity contribution < 1.29 is 0 Å². The zero-order chi connectivity index (χ0) is 10.7. The van der Waals surface area contributed by atoms with Crippen LogP contribution in [0.5, 0.6) is 0 Å². The Morgan fingerprint density at radius 1 is 1.67 bits per heavy atom. The lowest BCUT2D eigenvalue weighted by atomic mass is 9.94. The molecule has 1 aliphatic rings. The Hall–Kier alpha value is -0.450. The highest BCUT2D eigenvalue weighted by Crippen LogP contribution is 2.19. The number of piperidine rings is 1. The van der Waals surface area contributed by atoms with Crippen LogP contribution in [0.3, 0.4) is 0 Å². The van der Waals surface area contributed by atoms with Crippen LogP contribution in [-0.4, -0.2) is 36.1 Å². The van der Waals surface area contributed by atoms with Crippen LogP contribution in [0, 0.1) is 5.92 Å². The maximum absolute atomic E-state index is 4.34. The van der Waals surface area contributed by atoms with Gasteiger partial charge in [-0.2, -0.15) is 0 Å². The van der Waals surface area contributed by atoms with Crippen LogP contribution in [0.15, 0.2) is 11.6 Å². The molecule has 2 atom stereocenters. The molecule has 0 radical (unpaired) electrons. The summed E-state index contributed by atoms with van der Waals surface area (Å²) in [4.78, 5) is 6.85. The van der Waals surface area contributed by atoms with Crippen LogP contribution in [-0.2, 0) is 6.54 Å². The van der Waals surface area contributed by atoms with Crippen molar-refractivity contribution in [3.8, 4) is 0 Å². The first-order valence-corrected chi connectivity index (χ1v) is 6.45. The second kappa shape index (κ2) is 5.05. The summed E-state index contributed by atoms with van der Waals surface area (Å²) in [6, 6.07) is 0.692. The minimum Gasteiger partial charge on any atom is -0.317 e. The molecule has 1 aliphatic heterocycles. The van der Waals surface area contributed by atoms with Gasteiger partial charge in [0, 0.05) is 30.7 Å². The minimum atomic E-state index is 0.692. The molecule has 15 heavy (non-hydrogen) atoms. The summed E-state index contributed by atoms with van der Waals surface area (Å²) < 4.78 is 0. The quantitative estimate of drug-likeness (QED) is 0.846. The average Bonchev–Trinajstić information content (AvgIpc) is 2.71. The molecule has 3 nitrogen and oxygen atoms in total. The zero-order valence-corrected chi connectivity index (χ0v) is 10.3. The van der Waals surface area contributed by atoms with Crippen molar-refractivity contribution in [2.45, 2.75) is 25.9 Å². The molecule has 0 aliphatic carbocycles. The van der Waals surface area contributed by atoms with Crippen molar-refractivity contribution in [3.05, 3.63) is 16.6 Å². The maximum Gasteiger partial charge on any atom is 0.107 e. The van der Waals surface area contributed by atoms with Gasteiger partial charge in [0.15, 0.2) is 0 Å². The molecule has 1 fully saturated rings. The van der Waals surface area contributed by atoms with Crippen molar-refractivity contribution in [1.82, 2.24) is 15.2 Å². The SMILES string of the molecule is CNC1CCN(Cc2nccs2)CC1C. The molecule has 2 heterocycles. The number of nitrogens with zero attached hydrogens (tertiary/aromatic N) is 2. The number of rotatable bonds is 3. The number of nitrogens with one attached hydrogen (secondary N) is 1. The third-order valence-corrected chi connectivity index (χ3v) is 3.97. The van der Waals surface area contributed by atoms with Gasteiger partial charge in [0.05, 0.1) is 6.54 Å². The van der Waals surface area contributed by atoms with Gasteiger partial charge >= 0.3 is 0 Å². The second-order valence-corrected chi connectivity index (χ2v) is 5.30. The summed E-state index contributed by atoms with van der Waals surface area (Å²) in [5.41, 5.74) is 0. The van der Waals surface area contributed by atoms with Gasteiger partial charge in [0.25, 0.3) is 0 Å². The molecule has 1 N–H and O–H groups in total. The monoisotopic (exact) mass is 225 g/mol. The molecular formula is C11H19N3S. The lowest BCUT2D eigenvalue weighted by Gasteiger charge is -2.36. The largest absolute Gasteiger partial charge is 0.317 e. The molecule has 0 bridgehead atoms. The van der Waals surface area contributed by atoms with E-state index < -0.39 is 0 Å². The highest BCUT2D eigenvalue weighted by atomic mass is 32.1. The Kier molecular flexibility index (Phi) is 3.72. The van der Waals surface area contributed by atoms with E-state index in [0.717, 1.165) is 12.5 Å². The van der Waals surface area contributed by atoms with Gasteiger partial charge in [0.1, 0.15) is 5.01 Å². The van der Waals surface area contributed by atoms with Gasteiger partial charge in [-0.05, 0) is 19.4 Å². The third-order valence-electron chi connectivity index (χ3n) is 3.20. The van der Waals surface area contributed by atoms with Gasteiger partial charge in [-0.3, -0.25) is 4.90 Å². The van der Waals surface area contributed by atoms with Crippen molar-refractivity contribution in [2.24, 2.45) is 5.92 Å².